The van der Waals surface area contributed by atoms with E-state index in [0.717, 1.165) is 10.5 Å². The summed E-state index contributed by atoms with van der Waals surface area (Å²) in [5.74, 6) is -1.04. The van der Waals surface area contributed by atoms with Crippen LogP contribution in [0.5, 0.6) is 0 Å². The van der Waals surface area contributed by atoms with Crippen LogP contribution < -0.4 is 16.0 Å². The summed E-state index contributed by atoms with van der Waals surface area (Å²) in [6.07, 6.45) is 0.381. The van der Waals surface area contributed by atoms with E-state index < -0.39 is 23.9 Å². The number of nitrogens with one attached hydrogen (secondary N) is 3. The topological polar surface area (TPSA) is 108 Å². The van der Waals surface area contributed by atoms with Gasteiger partial charge in [-0.15, -0.1) is 0 Å². The smallest absolute Gasteiger partial charge is 0.324 e. The van der Waals surface area contributed by atoms with E-state index in [1.807, 2.05) is 30.3 Å². The minimum atomic E-state index is -0.892. The van der Waals surface area contributed by atoms with Crippen molar-refractivity contribution in [1.29, 1.82) is 0 Å². The molecule has 3 N–H and O–H groups in total. The fraction of sp³-hybridized carbons (Fsp3) is 0.238. The highest BCUT2D eigenvalue weighted by Crippen LogP contribution is 2.17. The number of benzene rings is 2. The molecule has 5 amide bonds. The third-order valence-electron chi connectivity index (χ3n) is 4.43. The van der Waals surface area contributed by atoms with E-state index in [-0.39, 0.29) is 18.9 Å². The summed E-state index contributed by atoms with van der Waals surface area (Å²) < 4.78 is 0. The van der Waals surface area contributed by atoms with Crippen LogP contribution >= 0.6 is 0 Å². The van der Waals surface area contributed by atoms with E-state index in [1.54, 1.807) is 24.3 Å². The molecule has 29 heavy (non-hydrogen) atoms. The number of anilines is 2. The van der Waals surface area contributed by atoms with Gasteiger partial charge < -0.3 is 16.0 Å². The number of amides is 5. The Morgan fingerprint density at radius 1 is 1.00 bits per heavy atom. The summed E-state index contributed by atoms with van der Waals surface area (Å²) in [4.78, 5) is 49.2. The number of rotatable bonds is 7. The van der Waals surface area contributed by atoms with Crippen molar-refractivity contribution < 1.29 is 19.2 Å². The summed E-state index contributed by atoms with van der Waals surface area (Å²) in [6.45, 7) is 1.65. The van der Waals surface area contributed by atoms with Crippen molar-refractivity contribution in [2.45, 2.75) is 25.8 Å². The Kier molecular flexibility index (Phi) is 6.23. The molecule has 1 unspecified atom stereocenters. The number of nitrogens with zero attached hydrogens (tertiary/aromatic N) is 1. The largest absolute Gasteiger partial charge is 0.326 e. The fourth-order valence-corrected chi connectivity index (χ4v) is 3.09. The average molecular weight is 394 g/mol. The second kappa shape index (κ2) is 9.01. The Morgan fingerprint density at radius 3 is 2.38 bits per heavy atom. The van der Waals surface area contributed by atoms with Gasteiger partial charge in [0, 0.05) is 24.8 Å². The highest BCUT2D eigenvalue weighted by molar-refractivity contribution is 6.07. The molecular weight excluding hydrogens is 372 g/mol. The third-order valence-corrected chi connectivity index (χ3v) is 4.43. The molecule has 2 aromatic carbocycles. The van der Waals surface area contributed by atoms with Gasteiger partial charge in [0.15, 0.2) is 0 Å². The van der Waals surface area contributed by atoms with Crippen LogP contribution in [-0.2, 0) is 20.8 Å². The molecule has 1 atom stereocenters. The minimum absolute atomic E-state index is 0.170. The molecule has 0 saturated carbocycles. The van der Waals surface area contributed by atoms with Crippen LogP contribution in [0.15, 0.2) is 54.6 Å². The second-order valence-electron chi connectivity index (χ2n) is 6.74. The zero-order valence-corrected chi connectivity index (χ0v) is 16.0. The summed E-state index contributed by atoms with van der Waals surface area (Å²) in [5, 5.41) is 7.87. The molecule has 1 aliphatic rings. The molecule has 150 valence electrons. The van der Waals surface area contributed by atoms with Gasteiger partial charge in [-0.1, -0.05) is 36.4 Å². The van der Waals surface area contributed by atoms with Gasteiger partial charge in [0.25, 0.3) is 5.91 Å². The van der Waals surface area contributed by atoms with Gasteiger partial charge in [0.2, 0.25) is 11.8 Å². The van der Waals surface area contributed by atoms with Gasteiger partial charge in [0.05, 0.1) is 6.42 Å². The Labute approximate surface area is 168 Å². The zero-order valence-electron chi connectivity index (χ0n) is 16.0. The van der Waals surface area contributed by atoms with Gasteiger partial charge in [-0.25, -0.2) is 4.79 Å². The Hall–Kier alpha value is -3.68. The Balaban J connectivity index is 1.55. The standard InChI is InChI=1S/C21H22N4O4/c1-14(26)22-16-8-5-9-17(12-16)23-19(27)13-18-20(28)25(21(29)24-18)11-10-15-6-3-2-4-7-15/h2-9,12,18H,10-11,13H2,1H3,(H,22,26)(H,23,27)(H,24,29). The van der Waals surface area contributed by atoms with Crippen molar-refractivity contribution in [3.05, 3.63) is 60.2 Å². The Bertz CT molecular complexity index is 929. The van der Waals surface area contributed by atoms with Gasteiger partial charge in [-0.05, 0) is 30.2 Å². The van der Waals surface area contributed by atoms with Gasteiger partial charge in [0.1, 0.15) is 6.04 Å². The van der Waals surface area contributed by atoms with Crippen LogP contribution in [0.25, 0.3) is 0 Å². The Morgan fingerprint density at radius 2 is 1.69 bits per heavy atom. The lowest BCUT2D eigenvalue weighted by atomic mass is 10.1. The maximum Gasteiger partial charge on any atom is 0.324 e. The van der Waals surface area contributed by atoms with E-state index in [4.69, 9.17) is 0 Å². The second-order valence-corrected chi connectivity index (χ2v) is 6.74. The molecule has 1 heterocycles. The number of carbonyl (C=O) groups excluding carboxylic acids is 4. The molecule has 0 bridgehead atoms. The van der Waals surface area contributed by atoms with Crippen molar-refractivity contribution in [2.24, 2.45) is 0 Å². The van der Waals surface area contributed by atoms with E-state index in [9.17, 15) is 19.2 Å². The van der Waals surface area contributed by atoms with Gasteiger partial charge in [-0.2, -0.15) is 0 Å². The average Bonchev–Trinajstić information content (AvgIpc) is 2.93. The van der Waals surface area contributed by atoms with E-state index >= 15 is 0 Å². The first-order valence-electron chi connectivity index (χ1n) is 9.25. The van der Waals surface area contributed by atoms with Crippen molar-refractivity contribution in [2.75, 3.05) is 17.2 Å². The summed E-state index contributed by atoms with van der Waals surface area (Å²) >= 11 is 0. The zero-order chi connectivity index (χ0) is 20.8. The van der Waals surface area contributed by atoms with Crippen LogP contribution in [0.3, 0.4) is 0 Å². The molecule has 0 radical (unpaired) electrons. The number of urea groups is 1. The lowest BCUT2D eigenvalue weighted by Crippen LogP contribution is -2.34. The van der Waals surface area contributed by atoms with Crippen LogP contribution in [0, 0.1) is 0 Å². The number of imide groups is 1. The van der Waals surface area contributed by atoms with E-state index in [0.29, 0.717) is 17.8 Å². The molecule has 0 aliphatic carbocycles. The lowest BCUT2D eigenvalue weighted by molar-refractivity contribution is -0.129. The van der Waals surface area contributed by atoms with E-state index in [1.165, 1.54) is 6.92 Å². The molecule has 0 aromatic heterocycles. The number of carbonyl (C=O) groups is 4. The normalized spacial score (nSPS) is 15.8. The van der Waals surface area contributed by atoms with Crippen molar-refractivity contribution >= 4 is 35.1 Å². The molecule has 8 heteroatoms. The fourth-order valence-electron chi connectivity index (χ4n) is 3.09. The molecule has 1 saturated heterocycles. The highest BCUT2D eigenvalue weighted by Gasteiger charge is 2.38. The third kappa shape index (κ3) is 5.41. The van der Waals surface area contributed by atoms with Crippen molar-refractivity contribution in [1.82, 2.24) is 10.2 Å². The summed E-state index contributed by atoms with van der Waals surface area (Å²) in [5.41, 5.74) is 2.06. The maximum atomic E-state index is 12.5. The van der Waals surface area contributed by atoms with Crippen LogP contribution in [-0.4, -0.2) is 41.2 Å². The molecule has 2 aromatic rings. The van der Waals surface area contributed by atoms with Crippen molar-refractivity contribution in [3.63, 3.8) is 0 Å². The molecule has 0 spiro atoms. The minimum Gasteiger partial charge on any atom is -0.326 e. The lowest BCUT2D eigenvalue weighted by Gasteiger charge is -2.13. The molecule has 1 aliphatic heterocycles. The predicted octanol–water partition coefficient (Wildman–Crippen LogP) is 2.14. The molecule has 3 rings (SSSR count). The molecule has 1 fully saturated rings. The predicted molar refractivity (Wildman–Crippen MR) is 108 cm³/mol. The highest BCUT2D eigenvalue weighted by atomic mass is 16.2. The van der Waals surface area contributed by atoms with Crippen LogP contribution in [0.4, 0.5) is 16.2 Å². The monoisotopic (exact) mass is 394 g/mol. The summed E-state index contributed by atoms with van der Waals surface area (Å²) in [6, 6.07) is 14.8. The van der Waals surface area contributed by atoms with Gasteiger partial charge in [-0.3, -0.25) is 19.3 Å². The molecular formula is C21H22N4O4. The summed E-state index contributed by atoms with van der Waals surface area (Å²) in [7, 11) is 0. The quantitative estimate of drug-likeness (QED) is 0.625. The van der Waals surface area contributed by atoms with E-state index in [2.05, 4.69) is 16.0 Å². The first-order valence-corrected chi connectivity index (χ1v) is 9.25. The SMILES string of the molecule is CC(=O)Nc1cccc(NC(=O)CC2NC(=O)N(CCc3ccccc3)C2=O)c1. The number of hydrogen-bond donors (Lipinski definition) is 3. The van der Waals surface area contributed by atoms with Crippen LogP contribution in [0.2, 0.25) is 0 Å². The van der Waals surface area contributed by atoms with Crippen LogP contribution in [0.1, 0.15) is 18.9 Å². The van der Waals surface area contributed by atoms with Gasteiger partial charge >= 0.3 is 6.03 Å². The first kappa shape index (κ1) is 20.1. The molecule has 8 nitrogen and oxygen atoms in total. The number of hydrogen-bond acceptors (Lipinski definition) is 4. The first-order chi connectivity index (χ1) is 13.9. The van der Waals surface area contributed by atoms with Crippen molar-refractivity contribution in [3.8, 4) is 0 Å². The maximum absolute atomic E-state index is 12.5.